The lowest BCUT2D eigenvalue weighted by molar-refractivity contribution is 0.210. The number of allylic oxidation sites excluding steroid dienone is 4. The summed E-state index contributed by atoms with van der Waals surface area (Å²) in [4.78, 5) is 0. The van der Waals surface area contributed by atoms with Crippen molar-refractivity contribution in [2.24, 2.45) is 0 Å². The third-order valence-electron chi connectivity index (χ3n) is 7.93. The molecule has 2 unspecified atom stereocenters. The van der Waals surface area contributed by atoms with Gasteiger partial charge in [0.1, 0.15) is 0 Å². The molecule has 0 rings (SSSR count). The maximum absolute atomic E-state index is 6.83. The zero-order valence-electron chi connectivity index (χ0n) is 23.4. The van der Waals surface area contributed by atoms with Crippen molar-refractivity contribution in [2.75, 3.05) is 0 Å². The summed E-state index contributed by atoms with van der Waals surface area (Å²) < 4.78 is 13.7. The molecular formula is C28H56O2Si2. The van der Waals surface area contributed by atoms with Crippen LogP contribution in [0.15, 0.2) is 35.5 Å². The number of hydrogen-bond acceptors (Lipinski definition) is 2. The van der Waals surface area contributed by atoms with Crippen LogP contribution in [0.2, 0.25) is 36.3 Å². The molecule has 0 aliphatic rings. The Labute approximate surface area is 204 Å². The molecule has 0 spiro atoms. The van der Waals surface area contributed by atoms with E-state index in [0.29, 0.717) is 0 Å². The van der Waals surface area contributed by atoms with Crippen molar-refractivity contribution in [3.05, 3.63) is 35.5 Å². The van der Waals surface area contributed by atoms with Crippen molar-refractivity contribution in [1.29, 1.82) is 0 Å². The second kappa shape index (κ2) is 17.1. The molecule has 0 aromatic carbocycles. The molecule has 0 aliphatic heterocycles. The average Bonchev–Trinajstić information content (AvgIpc) is 2.84. The Balaban J connectivity index is 4.94. The van der Waals surface area contributed by atoms with E-state index in [1.807, 2.05) is 0 Å². The van der Waals surface area contributed by atoms with Crippen LogP contribution in [0.5, 0.6) is 0 Å². The van der Waals surface area contributed by atoms with E-state index in [0.717, 1.165) is 25.7 Å². The van der Waals surface area contributed by atoms with Gasteiger partial charge < -0.3 is 8.85 Å². The van der Waals surface area contributed by atoms with Crippen molar-refractivity contribution < 1.29 is 8.85 Å². The molecule has 188 valence electrons. The molecule has 0 N–H and O–H groups in total. The second-order valence-electron chi connectivity index (χ2n) is 9.39. The van der Waals surface area contributed by atoms with Crippen LogP contribution in [0.3, 0.4) is 0 Å². The van der Waals surface area contributed by atoms with E-state index in [2.05, 4.69) is 93.5 Å². The van der Waals surface area contributed by atoms with Crippen LogP contribution in [-0.4, -0.2) is 28.8 Å². The highest BCUT2D eigenvalue weighted by Crippen LogP contribution is 2.29. The fourth-order valence-electron chi connectivity index (χ4n) is 4.47. The van der Waals surface area contributed by atoms with Gasteiger partial charge in [0.15, 0.2) is 16.6 Å². The quantitative estimate of drug-likeness (QED) is 0.143. The summed E-state index contributed by atoms with van der Waals surface area (Å²) >= 11 is 0. The zero-order chi connectivity index (χ0) is 24.6. The molecule has 4 heteroatoms. The van der Waals surface area contributed by atoms with Gasteiger partial charge in [0, 0.05) is 0 Å². The van der Waals surface area contributed by atoms with Crippen molar-refractivity contribution in [2.45, 2.75) is 143 Å². The topological polar surface area (TPSA) is 18.5 Å². The van der Waals surface area contributed by atoms with Gasteiger partial charge in [-0.2, -0.15) is 0 Å². The molecule has 0 aromatic rings. The maximum Gasteiger partial charge on any atom is 0.192 e. The molecule has 0 fully saturated rings. The molecule has 0 radical (unpaired) electrons. The smallest absolute Gasteiger partial charge is 0.192 e. The fraction of sp³-hybridized carbons (Fsp3) is 0.786. The van der Waals surface area contributed by atoms with E-state index < -0.39 is 16.6 Å². The summed E-state index contributed by atoms with van der Waals surface area (Å²) in [5.41, 5.74) is 2.78. The van der Waals surface area contributed by atoms with Gasteiger partial charge in [0.2, 0.25) is 0 Å². The predicted octanol–water partition coefficient (Wildman–Crippen LogP) is 9.82. The van der Waals surface area contributed by atoms with E-state index in [-0.39, 0.29) is 12.2 Å². The molecule has 0 heterocycles. The van der Waals surface area contributed by atoms with Gasteiger partial charge in [-0.25, -0.2) is 0 Å². The van der Waals surface area contributed by atoms with E-state index in [1.165, 1.54) is 47.4 Å². The second-order valence-corrected chi connectivity index (χ2v) is 18.8. The Bertz CT molecular complexity index is 505. The molecule has 32 heavy (non-hydrogen) atoms. The van der Waals surface area contributed by atoms with Crippen LogP contribution in [0.4, 0.5) is 0 Å². The first-order valence-corrected chi connectivity index (χ1v) is 18.6. The van der Waals surface area contributed by atoms with E-state index in [9.17, 15) is 0 Å². The van der Waals surface area contributed by atoms with Crippen molar-refractivity contribution >= 4 is 16.6 Å². The van der Waals surface area contributed by atoms with Crippen LogP contribution < -0.4 is 0 Å². The van der Waals surface area contributed by atoms with Crippen LogP contribution in [0, 0.1) is 0 Å². The standard InChI is InChI=1S/C28H56O2Si2/c1-11-25(9)27(29-31(13-3,14-4)15-5)23-21-19-20-22-24-28(26(10)12-2)30-32(16-6,17-7)18-8/h11-12,19-20,27-28H,13-18,21-24H2,1-10H3/b20-19?,25-11+,26-12+. The maximum atomic E-state index is 6.83. The van der Waals surface area contributed by atoms with Gasteiger partial charge in [0.25, 0.3) is 0 Å². The van der Waals surface area contributed by atoms with E-state index in [4.69, 9.17) is 8.85 Å². The molecule has 0 saturated heterocycles. The highest BCUT2D eigenvalue weighted by molar-refractivity contribution is 6.74. The molecule has 2 atom stereocenters. The molecule has 2 nitrogen and oxygen atoms in total. The molecule has 0 amide bonds. The summed E-state index contributed by atoms with van der Waals surface area (Å²) in [6.45, 7) is 22.7. The first-order valence-electron chi connectivity index (χ1n) is 13.5. The third kappa shape index (κ3) is 10.2. The minimum Gasteiger partial charge on any atom is -0.410 e. The van der Waals surface area contributed by atoms with Gasteiger partial charge in [-0.1, -0.05) is 77.0 Å². The fourth-order valence-corrected chi connectivity index (χ4v) is 10.3. The normalized spacial score (nSPS) is 16.1. The first-order chi connectivity index (χ1) is 15.3. The van der Waals surface area contributed by atoms with Gasteiger partial charge in [-0.15, -0.1) is 0 Å². The number of rotatable bonds is 18. The Morgan fingerprint density at radius 2 is 0.875 bits per heavy atom. The van der Waals surface area contributed by atoms with Crippen molar-refractivity contribution in [3.63, 3.8) is 0 Å². The van der Waals surface area contributed by atoms with E-state index >= 15 is 0 Å². The lowest BCUT2D eigenvalue weighted by atomic mass is 10.0. The minimum atomic E-state index is -1.58. The lowest BCUT2D eigenvalue weighted by Gasteiger charge is -2.34. The summed E-state index contributed by atoms with van der Waals surface area (Å²) in [5, 5.41) is 0. The molecular weight excluding hydrogens is 424 g/mol. The van der Waals surface area contributed by atoms with Crippen molar-refractivity contribution in [1.82, 2.24) is 0 Å². The van der Waals surface area contributed by atoms with Crippen LogP contribution >= 0.6 is 0 Å². The SMILES string of the molecule is C/C=C(\C)C(CCC=CCCC(O[Si](CC)(CC)CC)/C(C)=C/C)O[Si](CC)(CC)CC. The first kappa shape index (κ1) is 31.6. The van der Waals surface area contributed by atoms with Crippen molar-refractivity contribution in [3.8, 4) is 0 Å². The predicted molar refractivity (Wildman–Crippen MR) is 151 cm³/mol. The van der Waals surface area contributed by atoms with Gasteiger partial charge in [-0.3, -0.25) is 0 Å². The van der Waals surface area contributed by atoms with Gasteiger partial charge >= 0.3 is 0 Å². The third-order valence-corrected chi connectivity index (χ3v) is 17.2. The highest BCUT2D eigenvalue weighted by Gasteiger charge is 2.33. The Morgan fingerprint density at radius 1 is 0.594 bits per heavy atom. The van der Waals surface area contributed by atoms with Gasteiger partial charge in [0.05, 0.1) is 12.2 Å². The average molecular weight is 481 g/mol. The monoisotopic (exact) mass is 480 g/mol. The molecule has 0 aromatic heterocycles. The summed E-state index contributed by atoms with van der Waals surface area (Å²) in [6.07, 6.45) is 14.1. The van der Waals surface area contributed by atoms with Crippen LogP contribution in [0.25, 0.3) is 0 Å². The Hall–Kier alpha value is -0.426. The zero-order valence-corrected chi connectivity index (χ0v) is 25.4. The van der Waals surface area contributed by atoms with Gasteiger partial charge in [-0.05, 0) is 89.6 Å². The van der Waals surface area contributed by atoms with E-state index in [1.54, 1.807) is 0 Å². The van der Waals surface area contributed by atoms with Crippen LogP contribution in [0.1, 0.15) is 94.9 Å². The largest absolute Gasteiger partial charge is 0.410 e. The minimum absolute atomic E-state index is 0.280. The molecule has 0 saturated carbocycles. The summed E-state index contributed by atoms with van der Waals surface area (Å²) in [6, 6.07) is 7.29. The Kier molecular flexibility index (Phi) is 16.8. The lowest BCUT2D eigenvalue weighted by Crippen LogP contribution is -2.40. The molecule has 0 aliphatic carbocycles. The summed E-state index contributed by atoms with van der Waals surface area (Å²) in [7, 11) is -3.17. The molecule has 0 bridgehead atoms. The highest BCUT2D eigenvalue weighted by atomic mass is 28.4. The summed E-state index contributed by atoms with van der Waals surface area (Å²) in [5.74, 6) is 0. The Morgan fingerprint density at radius 3 is 1.09 bits per heavy atom. The number of hydrogen-bond donors (Lipinski definition) is 0. The van der Waals surface area contributed by atoms with Crippen LogP contribution in [-0.2, 0) is 8.85 Å².